The van der Waals surface area contributed by atoms with Crippen LogP contribution in [0, 0.1) is 6.92 Å². The van der Waals surface area contributed by atoms with Gasteiger partial charge in [-0.1, -0.05) is 54.6 Å². The Kier molecular flexibility index (Phi) is 6.04. The summed E-state index contributed by atoms with van der Waals surface area (Å²) in [6.07, 6.45) is 4.15. The van der Waals surface area contributed by atoms with Crippen molar-refractivity contribution in [3.05, 3.63) is 89.9 Å². The number of aromatic nitrogens is 4. The van der Waals surface area contributed by atoms with Crippen molar-refractivity contribution in [3.63, 3.8) is 0 Å². The number of sulfonamides is 1. The van der Waals surface area contributed by atoms with Gasteiger partial charge in [0.2, 0.25) is 15.9 Å². The summed E-state index contributed by atoms with van der Waals surface area (Å²) in [7, 11) is -3.40. The van der Waals surface area contributed by atoms with E-state index < -0.39 is 10.0 Å². The average molecular weight is 476 g/mol. The Morgan fingerprint density at radius 3 is 2.41 bits per heavy atom. The number of aryl methyl sites for hydroxylation is 1. The first kappa shape index (κ1) is 22.1. The molecule has 34 heavy (non-hydrogen) atoms. The van der Waals surface area contributed by atoms with Crippen LogP contribution in [0.2, 0.25) is 0 Å². The van der Waals surface area contributed by atoms with Gasteiger partial charge in [0.1, 0.15) is 5.69 Å². The molecule has 0 amide bonds. The van der Waals surface area contributed by atoms with Crippen LogP contribution in [0.15, 0.2) is 77.4 Å². The summed E-state index contributed by atoms with van der Waals surface area (Å²) >= 11 is 0. The Morgan fingerprint density at radius 1 is 1.00 bits per heavy atom. The zero-order valence-corrected chi connectivity index (χ0v) is 19.4. The van der Waals surface area contributed by atoms with Crippen LogP contribution in [0.3, 0.4) is 0 Å². The number of hydrogen-bond donors (Lipinski definition) is 0. The van der Waals surface area contributed by atoms with Crippen molar-refractivity contribution in [1.82, 2.24) is 24.5 Å². The summed E-state index contributed by atoms with van der Waals surface area (Å²) in [4.78, 5) is 9.21. The number of benzene rings is 2. The summed E-state index contributed by atoms with van der Waals surface area (Å²) in [5.41, 5.74) is 4.43. The molecule has 0 unspecified atom stereocenters. The third kappa shape index (κ3) is 4.66. The Bertz CT molecular complexity index is 1440. The Hall–Kier alpha value is -3.69. The van der Waals surface area contributed by atoms with Gasteiger partial charge in [-0.05, 0) is 36.6 Å². The third-order valence-corrected chi connectivity index (χ3v) is 7.51. The Balaban J connectivity index is 0.00000289. The summed E-state index contributed by atoms with van der Waals surface area (Å²) in [5.74, 6) is 0.708. The lowest BCUT2D eigenvalue weighted by atomic mass is 10.1. The first-order chi connectivity index (χ1) is 16.5. The maximum absolute atomic E-state index is 12.8. The van der Waals surface area contributed by atoms with E-state index in [0.29, 0.717) is 48.4 Å². The molecule has 2 aromatic heterocycles. The first-order valence-electron chi connectivity index (χ1n) is 10.9. The van der Waals surface area contributed by atoms with E-state index in [-0.39, 0.29) is 7.18 Å². The molecule has 1 aliphatic rings. The van der Waals surface area contributed by atoms with Gasteiger partial charge in [-0.25, -0.2) is 13.4 Å². The molecule has 9 heteroatoms. The molecular weight excluding hydrogens is 450 g/mol. The predicted octanol–water partition coefficient (Wildman–Crippen LogP) is 4.37. The van der Waals surface area contributed by atoms with Crippen molar-refractivity contribution in [3.8, 4) is 23.0 Å². The fourth-order valence-electron chi connectivity index (χ4n) is 3.83. The molecule has 1 aliphatic heterocycles. The van der Waals surface area contributed by atoms with Gasteiger partial charge in [-0.15, -0.1) is 10.2 Å². The van der Waals surface area contributed by atoms with E-state index in [1.165, 1.54) is 4.31 Å². The highest BCUT2D eigenvalue weighted by atomic mass is 32.2. The summed E-state index contributed by atoms with van der Waals surface area (Å²) in [6, 6.07) is 18.8. The minimum atomic E-state index is -3.40. The molecule has 0 fully saturated rings. The highest BCUT2D eigenvalue weighted by Gasteiger charge is 2.26. The SMILES string of the molecule is Cc1ncc(C2=CCN(S(=O)(=O)Cc3ccccc3)CC2)nc1-c1nnc(-c2ccccc2)o1.[HH]. The highest BCUT2D eigenvalue weighted by Crippen LogP contribution is 2.28. The van der Waals surface area contributed by atoms with Gasteiger partial charge in [0.25, 0.3) is 5.89 Å². The van der Waals surface area contributed by atoms with Crippen LogP contribution < -0.4 is 0 Å². The predicted molar refractivity (Wildman–Crippen MR) is 131 cm³/mol. The fraction of sp³-hybridized carbons (Fsp3) is 0.200. The first-order valence-corrected chi connectivity index (χ1v) is 12.5. The second-order valence-corrected chi connectivity index (χ2v) is 10.0. The second-order valence-electron chi connectivity index (χ2n) is 8.05. The molecule has 5 rings (SSSR count). The van der Waals surface area contributed by atoms with Crippen LogP contribution in [0.1, 0.15) is 24.8 Å². The van der Waals surface area contributed by atoms with E-state index in [4.69, 9.17) is 9.40 Å². The van der Waals surface area contributed by atoms with Crippen LogP contribution in [0.5, 0.6) is 0 Å². The van der Waals surface area contributed by atoms with Crippen molar-refractivity contribution in [1.29, 1.82) is 0 Å². The van der Waals surface area contributed by atoms with Gasteiger partial charge < -0.3 is 4.42 Å². The molecule has 8 nitrogen and oxygen atoms in total. The Morgan fingerprint density at radius 2 is 1.71 bits per heavy atom. The van der Waals surface area contributed by atoms with Crippen LogP contribution in [0.25, 0.3) is 28.6 Å². The molecule has 0 bridgehead atoms. The fourth-order valence-corrected chi connectivity index (χ4v) is 5.30. The van der Waals surface area contributed by atoms with E-state index >= 15 is 0 Å². The second kappa shape index (κ2) is 9.28. The molecule has 0 aliphatic carbocycles. The molecule has 0 saturated heterocycles. The lowest BCUT2D eigenvalue weighted by Crippen LogP contribution is -2.35. The van der Waals surface area contributed by atoms with Crippen molar-refractivity contribution in [2.75, 3.05) is 13.1 Å². The number of rotatable bonds is 6. The van der Waals surface area contributed by atoms with Crippen LogP contribution in [0.4, 0.5) is 0 Å². The van der Waals surface area contributed by atoms with E-state index in [1.807, 2.05) is 73.7 Å². The molecule has 4 aromatic rings. The van der Waals surface area contributed by atoms with Crippen LogP contribution in [-0.4, -0.2) is 46.0 Å². The van der Waals surface area contributed by atoms with Gasteiger partial charge in [0.15, 0.2) is 0 Å². The van der Waals surface area contributed by atoms with E-state index in [1.54, 1.807) is 6.20 Å². The molecule has 0 N–H and O–H groups in total. The topological polar surface area (TPSA) is 102 Å². The van der Waals surface area contributed by atoms with E-state index in [2.05, 4.69) is 15.2 Å². The van der Waals surface area contributed by atoms with Gasteiger partial charge in [-0.2, -0.15) is 4.31 Å². The van der Waals surface area contributed by atoms with E-state index in [9.17, 15) is 8.42 Å². The number of hydrogen-bond acceptors (Lipinski definition) is 7. The van der Waals surface area contributed by atoms with Crippen molar-refractivity contribution < 1.29 is 14.3 Å². The molecule has 174 valence electrons. The zero-order chi connectivity index (χ0) is 23.5. The molecular formula is C25H25N5O3S. The monoisotopic (exact) mass is 475 g/mol. The minimum Gasteiger partial charge on any atom is -0.415 e. The minimum absolute atomic E-state index is 0. The third-order valence-electron chi connectivity index (χ3n) is 5.69. The summed E-state index contributed by atoms with van der Waals surface area (Å²) in [5, 5.41) is 8.31. The standard InChI is InChI=1S/C25H23N5O3S.H2/c1-18-23(25-29-28-24(33-25)21-10-6-3-7-11-21)27-22(16-26-18)20-12-14-30(15-13-20)34(31,32)17-19-8-4-2-5-9-19;/h2-12,16H,13-15,17H2,1H3;1H. The van der Waals surface area contributed by atoms with Crippen molar-refractivity contribution in [2.24, 2.45) is 0 Å². The van der Waals surface area contributed by atoms with Crippen LogP contribution >= 0.6 is 0 Å². The maximum Gasteiger partial charge on any atom is 0.268 e. The maximum atomic E-state index is 12.8. The van der Waals surface area contributed by atoms with Gasteiger partial charge >= 0.3 is 0 Å². The molecule has 0 spiro atoms. The summed E-state index contributed by atoms with van der Waals surface area (Å²) in [6.45, 7) is 2.53. The Labute approximate surface area is 199 Å². The van der Waals surface area contributed by atoms with Crippen LogP contribution in [-0.2, 0) is 15.8 Å². The van der Waals surface area contributed by atoms with Gasteiger partial charge in [0, 0.05) is 20.1 Å². The molecule has 3 heterocycles. The summed E-state index contributed by atoms with van der Waals surface area (Å²) < 4.78 is 33.1. The molecule has 2 aromatic carbocycles. The largest absolute Gasteiger partial charge is 0.415 e. The molecule has 0 saturated carbocycles. The average Bonchev–Trinajstić information content (AvgIpc) is 3.36. The van der Waals surface area contributed by atoms with E-state index in [0.717, 1.165) is 16.7 Å². The van der Waals surface area contributed by atoms with Gasteiger partial charge in [0.05, 0.1) is 23.3 Å². The molecule has 0 atom stereocenters. The lowest BCUT2D eigenvalue weighted by molar-refractivity contribution is 0.440. The normalized spacial score (nSPS) is 14.7. The van der Waals surface area contributed by atoms with Crippen molar-refractivity contribution in [2.45, 2.75) is 19.1 Å². The zero-order valence-electron chi connectivity index (χ0n) is 18.6. The quantitative estimate of drug-likeness (QED) is 0.408. The van der Waals surface area contributed by atoms with Crippen molar-refractivity contribution >= 4 is 15.6 Å². The number of nitrogens with zero attached hydrogens (tertiary/aromatic N) is 5. The smallest absolute Gasteiger partial charge is 0.268 e. The lowest BCUT2D eigenvalue weighted by Gasteiger charge is -2.25. The van der Waals surface area contributed by atoms with Gasteiger partial charge in [-0.3, -0.25) is 4.98 Å². The molecule has 0 radical (unpaired) electrons. The highest BCUT2D eigenvalue weighted by molar-refractivity contribution is 7.88.